The summed E-state index contributed by atoms with van der Waals surface area (Å²) in [5.41, 5.74) is 5.71. The van der Waals surface area contributed by atoms with Gasteiger partial charge in [0, 0.05) is 0 Å². The van der Waals surface area contributed by atoms with Crippen LogP contribution in [0, 0.1) is 0 Å². The number of hydrogen-bond donors (Lipinski definition) is 2. The van der Waals surface area contributed by atoms with Crippen molar-refractivity contribution in [2.45, 2.75) is 25.4 Å². The highest BCUT2D eigenvalue weighted by Gasteiger charge is 2.18. The maximum absolute atomic E-state index is 11.1. The predicted octanol–water partition coefficient (Wildman–Crippen LogP) is 0.254. The zero-order valence-corrected chi connectivity index (χ0v) is 7.94. The van der Waals surface area contributed by atoms with Crippen LogP contribution in [0.4, 0.5) is 0 Å². The first-order valence-electron chi connectivity index (χ1n) is 4.84. The molecule has 1 aromatic rings. The van der Waals surface area contributed by atoms with E-state index in [4.69, 9.17) is 5.73 Å². The molecule has 0 saturated carbocycles. The highest BCUT2D eigenvalue weighted by atomic mass is 16.1. The number of piperidine rings is 1. The first kappa shape index (κ1) is 9.21. The van der Waals surface area contributed by atoms with Gasteiger partial charge >= 0.3 is 0 Å². The van der Waals surface area contributed by atoms with E-state index in [0.717, 1.165) is 13.0 Å². The summed E-state index contributed by atoms with van der Waals surface area (Å²) in [6, 6.07) is 0. The lowest BCUT2D eigenvalue weighted by atomic mass is 10.1. The third kappa shape index (κ3) is 1.63. The van der Waals surface area contributed by atoms with Crippen molar-refractivity contribution in [3.05, 3.63) is 18.2 Å². The molecule has 1 unspecified atom stereocenters. The second-order valence-corrected chi connectivity index (χ2v) is 3.52. The molecule has 0 aromatic carbocycles. The minimum Gasteiger partial charge on any atom is -0.364 e. The van der Waals surface area contributed by atoms with Crippen LogP contribution in [0.25, 0.3) is 0 Å². The van der Waals surface area contributed by atoms with Gasteiger partial charge in [-0.1, -0.05) is 0 Å². The fourth-order valence-corrected chi connectivity index (χ4v) is 1.81. The number of nitrogens with zero attached hydrogens (tertiary/aromatic N) is 2. The van der Waals surface area contributed by atoms with Crippen molar-refractivity contribution >= 4 is 5.91 Å². The number of amides is 1. The predicted molar refractivity (Wildman–Crippen MR) is 51.6 cm³/mol. The summed E-state index contributed by atoms with van der Waals surface area (Å²) in [4.78, 5) is 15.0. The summed E-state index contributed by atoms with van der Waals surface area (Å²) in [5, 5.41) is 3.33. The van der Waals surface area contributed by atoms with Crippen LogP contribution >= 0.6 is 0 Å². The number of carbonyl (C=O) groups is 1. The fraction of sp³-hybridized carbons (Fsp3) is 0.556. The number of aromatic nitrogens is 2. The van der Waals surface area contributed by atoms with E-state index in [1.54, 1.807) is 6.33 Å². The quantitative estimate of drug-likeness (QED) is 0.709. The Labute approximate surface area is 82.3 Å². The third-order valence-electron chi connectivity index (χ3n) is 2.54. The monoisotopic (exact) mass is 194 g/mol. The Morgan fingerprint density at radius 2 is 2.50 bits per heavy atom. The lowest BCUT2D eigenvalue weighted by Gasteiger charge is -2.25. The first-order chi connectivity index (χ1) is 6.79. The molecule has 0 aliphatic carbocycles. The highest BCUT2D eigenvalue weighted by Crippen LogP contribution is 2.18. The summed E-state index contributed by atoms with van der Waals surface area (Å²) in [6.07, 6.45) is 6.73. The topological polar surface area (TPSA) is 72.9 Å². The molecule has 1 saturated heterocycles. The van der Waals surface area contributed by atoms with Crippen LogP contribution in [-0.2, 0) is 0 Å². The molecule has 3 N–H and O–H groups in total. The Bertz CT molecular complexity index is 327. The van der Waals surface area contributed by atoms with Gasteiger partial charge < -0.3 is 10.3 Å². The molecule has 5 heteroatoms. The van der Waals surface area contributed by atoms with Crippen LogP contribution in [0.2, 0.25) is 0 Å². The van der Waals surface area contributed by atoms with E-state index >= 15 is 0 Å². The van der Waals surface area contributed by atoms with Crippen molar-refractivity contribution in [1.29, 1.82) is 0 Å². The number of nitrogens with two attached hydrogens (primary N) is 1. The summed E-state index contributed by atoms with van der Waals surface area (Å²) in [5.74, 6) is -0.421. The van der Waals surface area contributed by atoms with Crippen LogP contribution in [0.3, 0.4) is 0 Å². The average Bonchev–Trinajstić information content (AvgIpc) is 2.67. The zero-order valence-electron chi connectivity index (χ0n) is 7.94. The largest absolute Gasteiger partial charge is 0.364 e. The van der Waals surface area contributed by atoms with Gasteiger partial charge in [-0.2, -0.15) is 0 Å². The molecular weight excluding hydrogens is 180 g/mol. The molecule has 0 radical (unpaired) electrons. The smallest absolute Gasteiger partial charge is 0.267 e. The molecule has 1 fully saturated rings. The van der Waals surface area contributed by atoms with Crippen molar-refractivity contribution in [2.24, 2.45) is 5.73 Å². The van der Waals surface area contributed by atoms with Gasteiger partial charge in [0.2, 0.25) is 0 Å². The van der Waals surface area contributed by atoms with Crippen LogP contribution in [-0.4, -0.2) is 22.0 Å². The van der Waals surface area contributed by atoms with E-state index in [-0.39, 0.29) is 6.17 Å². The Kier molecular flexibility index (Phi) is 2.49. The summed E-state index contributed by atoms with van der Waals surface area (Å²) in [6.45, 7) is 0.987. The number of imidazole rings is 1. The second kappa shape index (κ2) is 3.79. The lowest BCUT2D eigenvalue weighted by Crippen LogP contribution is -2.33. The van der Waals surface area contributed by atoms with Crippen molar-refractivity contribution in [3.8, 4) is 0 Å². The van der Waals surface area contributed by atoms with Gasteiger partial charge in [-0.3, -0.25) is 10.1 Å². The molecule has 2 rings (SSSR count). The molecule has 1 atom stereocenters. The van der Waals surface area contributed by atoms with Crippen molar-refractivity contribution in [3.63, 3.8) is 0 Å². The van der Waals surface area contributed by atoms with Crippen LogP contribution in [0.15, 0.2) is 12.5 Å². The second-order valence-electron chi connectivity index (χ2n) is 3.52. The van der Waals surface area contributed by atoms with Gasteiger partial charge in [0.15, 0.2) is 0 Å². The molecule has 2 heterocycles. The molecule has 14 heavy (non-hydrogen) atoms. The SMILES string of the molecule is NC(=O)c1cncn1C1CCCCN1. The number of hydrogen-bond acceptors (Lipinski definition) is 3. The van der Waals surface area contributed by atoms with Crippen molar-refractivity contribution in [1.82, 2.24) is 14.9 Å². The maximum atomic E-state index is 11.1. The van der Waals surface area contributed by atoms with Gasteiger partial charge in [-0.05, 0) is 25.8 Å². The van der Waals surface area contributed by atoms with Crippen LogP contribution in [0.5, 0.6) is 0 Å². The lowest BCUT2D eigenvalue weighted by molar-refractivity contribution is 0.0986. The normalized spacial score (nSPS) is 22.1. The summed E-state index contributed by atoms with van der Waals surface area (Å²) in [7, 11) is 0. The van der Waals surface area contributed by atoms with Gasteiger partial charge in [0.05, 0.1) is 18.7 Å². The maximum Gasteiger partial charge on any atom is 0.267 e. The molecule has 76 valence electrons. The molecule has 1 aliphatic heterocycles. The molecule has 1 amide bonds. The number of carbonyl (C=O) groups excluding carboxylic acids is 1. The van der Waals surface area contributed by atoms with Gasteiger partial charge in [0.25, 0.3) is 5.91 Å². The van der Waals surface area contributed by atoms with Crippen LogP contribution in [0.1, 0.15) is 35.9 Å². The molecule has 1 aliphatic rings. The fourth-order valence-electron chi connectivity index (χ4n) is 1.81. The van der Waals surface area contributed by atoms with Crippen molar-refractivity contribution < 1.29 is 4.79 Å². The third-order valence-corrected chi connectivity index (χ3v) is 2.54. The first-order valence-corrected chi connectivity index (χ1v) is 4.84. The molecule has 5 nitrogen and oxygen atoms in total. The molecule has 0 bridgehead atoms. The Hall–Kier alpha value is -1.36. The average molecular weight is 194 g/mol. The summed E-state index contributed by atoms with van der Waals surface area (Å²) >= 11 is 0. The Morgan fingerprint density at radius 1 is 1.64 bits per heavy atom. The zero-order chi connectivity index (χ0) is 9.97. The number of primary amides is 1. The van der Waals surface area contributed by atoms with Crippen LogP contribution < -0.4 is 11.1 Å². The Morgan fingerprint density at radius 3 is 3.14 bits per heavy atom. The highest BCUT2D eigenvalue weighted by molar-refractivity contribution is 5.90. The minimum atomic E-state index is -0.421. The van der Waals surface area contributed by atoms with E-state index in [2.05, 4.69) is 10.3 Å². The standard InChI is InChI=1S/C9H14N4O/c10-9(14)7-5-11-6-13(7)8-3-1-2-4-12-8/h5-6,8,12H,1-4H2,(H2,10,14). The van der Waals surface area contributed by atoms with Gasteiger partial charge in [-0.15, -0.1) is 0 Å². The van der Waals surface area contributed by atoms with E-state index < -0.39 is 5.91 Å². The van der Waals surface area contributed by atoms with Gasteiger partial charge in [0.1, 0.15) is 5.69 Å². The van der Waals surface area contributed by atoms with Crippen molar-refractivity contribution in [2.75, 3.05) is 6.54 Å². The van der Waals surface area contributed by atoms with E-state index in [1.165, 1.54) is 19.0 Å². The minimum absolute atomic E-state index is 0.175. The number of rotatable bonds is 2. The molecular formula is C9H14N4O. The molecule has 1 aromatic heterocycles. The Balaban J connectivity index is 2.21. The van der Waals surface area contributed by atoms with Gasteiger partial charge in [-0.25, -0.2) is 4.98 Å². The number of nitrogens with one attached hydrogen (secondary N) is 1. The van der Waals surface area contributed by atoms with E-state index in [9.17, 15) is 4.79 Å². The van der Waals surface area contributed by atoms with E-state index in [0.29, 0.717) is 5.69 Å². The molecule has 0 spiro atoms. The summed E-state index contributed by atoms with van der Waals surface area (Å²) < 4.78 is 1.82. The van der Waals surface area contributed by atoms with E-state index in [1.807, 2.05) is 4.57 Å².